The van der Waals surface area contributed by atoms with E-state index in [1.54, 1.807) is 0 Å². The molecule has 1 saturated heterocycles. The van der Waals surface area contributed by atoms with E-state index >= 15 is 0 Å². The van der Waals surface area contributed by atoms with E-state index in [4.69, 9.17) is 9.47 Å². The maximum Gasteiger partial charge on any atom is 0.226 e. The van der Waals surface area contributed by atoms with Crippen molar-refractivity contribution >= 4 is 5.91 Å². The Labute approximate surface area is 197 Å². The molecule has 0 unspecified atom stereocenters. The summed E-state index contributed by atoms with van der Waals surface area (Å²) in [6.07, 6.45) is 10.00. The van der Waals surface area contributed by atoms with E-state index < -0.39 is 0 Å². The van der Waals surface area contributed by atoms with Gasteiger partial charge in [-0.1, -0.05) is 43.9 Å². The Kier molecular flexibility index (Phi) is 9.13. The molecule has 6 nitrogen and oxygen atoms in total. The number of morpholine rings is 1. The topological polar surface area (TPSA) is 63.7 Å². The van der Waals surface area contributed by atoms with Crippen LogP contribution in [0.15, 0.2) is 42.6 Å². The molecule has 1 N–H and O–H groups in total. The fourth-order valence-electron chi connectivity index (χ4n) is 4.71. The van der Waals surface area contributed by atoms with Gasteiger partial charge in [0.05, 0.1) is 19.6 Å². The Morgan fingerprint density at radius 3 is 2.55 bits per heavy atom. The Balaban J connectivity index is 1.16. The molecule has 1 aromatic carbocycles. The smallest absolute Gasteiger partial charge is 0.226 e. The second kappa shape index (κ2) is 12.7. The first kappa shape index (κ1) is 23.7. The highest BCUT2D eigenvalue weighted by Crippen LogP contribution is 2.28. The predicted molar refractivity (Wildman–Crippen MR) is 130 cm³/mol. The van der Waals surface area contributed by atoms with Gasteiger partial charge in [-0.3, -0.25) is 14.7 Å². The number of hydrogen-bond donors (Lipinski definition) is 1. The van der Waals surface area contributed by atoms with Gasteiger partial charge in [-0.15, -0.1) is 0 Å². The highest BCUT2D eigenvalue weighted by atomic mass is 16.5. The third kappa shape index (κ3) is 7.83. The summed E-state index contributed by atoms with van der Waals surface area (Å²) < 4.78 is 11.3. The fraction of sp³-hybridized carbons (Fsp3) is 0.556. The van der Waals surface area contributed by atoms with Crippen molar-refractivity contribution in [1.82, 2.24) is 15.2 Å². The van der Waals surface area contributed by atoms with Gasteiger partial charge >= 0.3 is 0 Å². The van der Waals surface area contributed by atoms with Gasteiger partial charge in [0.2, 0.25) is 5.91 Å². The molecule has 6 heteroatoms. The maximum absolute atomic E-state index is 12.2. The molecule has 2 heterocycles. The standard InChI is InChI=1S/C27H37N3O3/c31-27(28-13-3-6-22-4-1-2-5-22)20-25-10-7-24(21-29-25)23-8-11-26(12-9-23)33-19-16-30-14-17-32-18-15-30/h7-12,21-22H,1-6,13-20H2,(H,28,31). The molecular weight excluding hydrogens is 414 g/mol. The minimum Gasteiger partial charge on any atom is -0.492 e. The molecule has 33 heavy (non-hydrogen) atoms. The predicted octanol–water partition coefficient (Wildman–Crippen LogP) is 4.09. The number of carbonyl (C=O) groups is 1. The summed E-state index contributed by atoms with van der Waals surface area (Å²) in [5.74, 6) is 1.81. The van der Waals surface area contributed by atoms with Gasteiger partial charge in [0.1, 0.15) is 12.4 Å². The van der Waals surface area contributed by atoms with E-state index in [-0.39, 0.29) is 5.91 Å². The molecule has 178 valence electrons. The van der Waals surface area contributed by atoms with Crippen LogP contribution in [0.25, 0.3) is 11.1 Å². The van der Waals surface area contributed by atoms with Crippen molar-refractivity contribution in [3.05, 3.63) is 48.3 Å². The lowest BCUT2D eigenvalue weighted by atomic mass is 10.0. The Bertz CT molecular complexity index is 842. The lowest BCUT2D eigenvalue weighted by Gasteiger charge is -2.26. The third-order valence-corrected chi connectivity index (χ3v) is 6.72. The number of aromatic nitrogens is 1. The van der Waals surface area contributed by atoms with Crippen molar-refractivity contribution in [2.24, 2.45) is 5.92 Å². The number of pyridine rings is 1. The summed E-state index contributed by atoms with van der Waals surface area (Å²) >= 11 is 0. The van der Waals surface area contributed by atoms with Crippen molar-refractivity contribution in [2.75, 3.05) is 46.0 Å². The molecule has 0 radical (unpaired) electrons. The SMILES string of the molecule is O=C(Cc1ccc(-c2ccc(OCCN3CCOCC3)cc2)cn1)NCCCC1CCCC1. The quantitative estimate of drug-likeness (QED) is 0.522. The second-order valence-electron chi connectivity index (χ2n) is 9.18. The van der Waals surface area contributed by atoms with Crippen molar-refractivity contribution in [3.8, 4) is 16.9 Å². The number of carbonyl (C=O) groups excluding carboxylic acids is 1. The summed E-state index contributed by atoms with van der Waals surface area (Å²) in [5, 5.41) is 3.04. The minimum atomic E-state index is 0.0558. The highest BCUT2D eigenvalue weighted by molar-refractivity contribution is 5.78. The molecule has 0 spiro atoms. The normalized spacial score (nSPS) is 17.2. The number of amides is 1. The summed E-state index contributed by atoms with van der Waals surface area (Å²) in [6, 6.07) is 12.1. The van der Waals surface area contributed by atoms with E-state index in [1.807, 2.05) is 30.5 Å². The number of nitrogens with zero attached hydrogens (tertiary/aromatic N) is 2. The Morgan fingerprint density at radius 2 is 1.82 bits per heavy atom. The Hall–Kier alpha value is -2.44. The molecule has 1 aliphatic heterocycles. The summed E-state index contributed by atoms with van der Waals surface area (Å²) in [6.45, 7) is 5.96. The molecule has 2 aliphatic rings. The van der Waals surface area contributed by atoms with Crippen LogP contribution in [-0.4, -0.2) is 61.8 Å². The van der Waals surface area contributed by atoms with Crippen LogP contribution < -0.4 is 10.1 Å². The first-order chi connectivity index (χ1) is 16.3. The first-order valence-corrected chi connectivity index (χ1v) is 12.5. The van der Waals surface area contributed by atoms with E-state index in [2.05, 4.69) is 27.3 Å². The fourth-order valence-corrected chi connectivity index (χ4v) is 4.71. The van der Waals surface area contributed by atoms with Gasteiger partial charge in [-0.2, -0.15) is 0 Å². The third-order valence-electron chi connectivity index (χ3n) is 6.72. The van der Waals surface area contributed by atoms with Crippen molar-refractivity contribution in [1.29, 1.82) is 0 Å². The van der Waals surface area contributed by atoms with E-state index in [9.17, 15) is 4.79 Å². The van der Waals surface area contributed by atoms with Crippen LogP contribution in [0.4, 0.5) is 0 Å². The number of benzene rings is 1. The zero-order valence-corrected chi connectivity index (χ0v) is 19.6. The molecule has 1 amide bonds. The lowest BCUT2D eigenvalue weighted by Crippen LogP contribution is -2.38. The Morgan fingerprint density at radius 1 is 1.06 bits per heavy atom. The largest absolute Gasteiger partial charge is 0.492 e. The summed E-state index contributed by atoms with van der Waals surface area (Å²) in [7, 11) is 0. The van der Waals surface area contributed by atoms with Gasteiger partial charge in [0, 0.05) is 43.6 Å². The van der Waals surface area contributed by atoms with Gasteiger partial charge in [-0.05, 0) is 42.5 Å². The van der Waals surface area contributed by atoms with Gasteiger partial charge < -0.3 is 14.8 Å². The molecular formula is C27H37N3O3. The molecule has 2 aromatic rings. The van der Waals surface area contributed by atoms with E-state index in [0.29, 0.717) is 13.0 Å². The van der Waals surface area contributed by atoms with Crippen LogP contribution in [0.1, 0.15) is 44.2 Å². The average Bonchev–Trinajstić information content (AvgIpc) is 3.37. The van der Waals surface area contributed by atoms with Crippen LogP contribution in [0.5, 0.6) is 5.75 Å². The van der Waals surface area contributed by atoms with Crippen LogP contribution >= 0.6 is 0 Å². The minimum absolute atomic E-state index is 0.0558. The maximum atomic E-state index is 12.2. The van der Waals surface area contributed by atoms with Crippen molar-refractivity contribution < 1.29 is 14.3 Å². The molecule has 4 rings (SSSR count). The molecule has 0 atom stereocenters. The molecule has 1 aromatic heterocycles. The first-order valence-electron chi connectivity index (χ1n) is 12.5. The highest BCUT2D eigenvalue weighted by Gasteiger charge is 2.14. The molecule has 1 saturated carbocycles. The van der Waals surface area contributed by atoms with Crippen molar-refractivity contribution in [2.45, 2.75) is 44.9 Å². The van der Waals surface area contributed by atoms with Crippen LogP contribution in [0.2, 0.25) is 0 Å². The summed E-state index contributed by atoms with van der Waals surface area (Å²) in [4.78, 5) is 19.1. The lowest BCUT2D eigenvalue weighted by molar-refractivity contribution is -0.120. The summed E-state index contributed by atoms with van der Waals surface area (Å²) in [5.41, 5.74) is 2.93. The van der Waals surface area contributed by atoms with Crippen LogP contribution in [-0.2, 0) is 16.0 Å². The zero-order valence-electron chi connectivity index (χ0n) is 19.6. The number of rotatable bonds is 11. The van der Waals surface area contributed by atoms with Crippen LogP contribution in [0, 0.1) is 5.92 Å². The van der Waals surface area contributed by atoms with E-state index in [1.165, 1.54) is 32.1 Å². The van der Waals surface area contributed by atoms with E-state index in [0.717, 1.165) is 74.3 Å². The van der Waals surface area contributed by atoms with Crippen molar-refractivity contribution in [3.63, 3.8) is 0 Å². The van der Waals surface area contributed by atoms with Gasteiger partial charge in [0.25, 0.3) is 0 Å². The molecule has 2 fully saturated rings. The van der Waals surface area contributed by atoms with Crippen LogP contribution in [0.3, 0.4) is 0 Å². The number of nitrogens with one attached hydrogen (secondary N) is 1. The van der Waals surface area contributed by atoms with Gasteiger partial charge in [-0.25, -0.2) is 0 Å². The second-order valence-corrected chi connectivity index (χ2v) is 9.18. The molecule has 1 aliphatic carbocycles. The monoisotopic (exact) mass is 451 g/mol. The number of hydrogen-bond acceptors (Lipinski definition) is 5. The van der Waals surface area contributed by atoms with Gasteiger partial charge in [0.15, 0.2) is 0 Å². The average molecular weight is 452 g/mol. The number of ether oxygens (including phenoxy) is 2. The molecule has 0 bridgehead atoms. The zero-order chi connectivity index (χ0) is 22.7.